The van der Waals surface area contributed by atoms with E-state index in [9.17, 15) is 4.79 Å². The fourth-order valence-electron chi connectivity index (χ4n) is 2.02. The van der Waals surface area contributed by atoms with Gasteiger partial charge in [0.1, 0.15) is 5.60 Å². The molecule has 2 atom stereocenters. The number of carbonyl (C=O) groups excluding carboxylic acids is 1. The Hall–Kier alpha value is -0.440. The van der Waals surface area contributed by atoms with Gasteiger partial charge in [0.25, 0.3) is 0 Å². The number of hydrogen-bond donors (Lipinski definition) is 0. The van der Waals surface area contributed by atoms with Gasteiger partial charge in [0.15, 0.2) is 0 Å². The summed E-state index contributed by atoms with van der Waals surface area (Å²) in [4.78, 5) is 13.7. The maximum absolute atomic E-state index is 11.9. The Kier molecular flexibility index (Phi) is 4.48. The number of amides is 1. The predicted octanol–water partition coefficient (Wildman–Crippen LogP) is 3.40. The van der Waals surface area contributed by atoms with Crippen molar-refractivity contribution in [2.45, 2.75) is 64.0 Å². The van der Waals surface area contributed by atoms with Gasteiger partial charge in [0, 0.05) is 18.0 Å². The molecule has 0 saturated carbocycles. The van der Waals surface area contributed by atoms with E-state index in [1.807, 2.05) is 32.6 Å². The molecule has 94 valence electrons. The van der Waals surface area contributed by atoms with Gasteiger partial charge >= 0.3 is 6.09 Å². The third kappa shape index (κ3) is 4.20. The summed E-state index contributed by atoms with van der Waals surface area (Å²) in [7, 11) is 0. The predicted molar refractivity (Wildman–Crippen MR) is 65.9 cm³/mol. The zero-order valence-corrected chi connectivity index (χ0v) is 11.4. The fourth-order valence-corrected chi connectivity index (χ4v) is 2.22. The van der Waals surface area contributed by atoms with E-state index in [4.69, 9.17) is 16.3 Å². The van der Waals surface area contributed by atoms with Crippen LogP contribution in [0.5, 0.6) is 0 Å². The molecule has 1 fully saturated rings. The lowest BCUT2D eigenvalue weighted by molar-refractivity contribution is 0.0221. The number of likely N-dealkylation sites (tertiary alicyclic amines) is 1. The highest BCUT2D eigenvalue weighted by molar-refractivity contribution is 6.20. The number of halogens is 1. The highest BCUT2D eigenvalue weighted by Crippen LogP contribution is 2.25. The summed E-state index contributed by atoms with van der Waals surface area (Å²) in [5.41, 5.74) is -0.420. The molecule has 2 unspecified atom stereocenters. The maximum atomic E-state index is 11.9. The number of rotatable bonds is 2. The molecule has 0 radical (unpaired) electrons. The number of alkyl halides is 1. The lowest BCUT2D eigenvalue weighted by Crippen LogP contribution is -2.40. The van der Waals surface area contributed by atoms with E-state index >= 15 is 0 Å². The van der Waals surface area contributed by atoms with Crippen LogP contribution in [0.1, 0.15) is 47.0 Å². The molecule has 0 aromatic carbocycles. The number of nitrogens with zero attached hydrogens (tertiary/aromatic N) is 1. The highest BCUT2D eigenvalue weighted by Gasteiger charge is 2.32. The molecule has 4 heteroatoms. The van der Waals surface area contributed by atoms with Crippen molar-refractivity contribution < 1.29 is 9.53 Å². The molecule has 0 aromatic rings. The molecule has 0 N–H and O–H groups in total. The van der Waals surface area contributed by atoms with Crippen molar-refractivity contribution in [1.29, 1.82) is 0 Å². The summed E-state index contributed by atoms with van der Waals surface area (Å²) in [6.45, 7) is 8.43. The molecule has 0 aliphatic carbocycles. The molecule has 0 aromatic heterocycles. The normalized spacial score (nSPS) is 23.3. The molecule has 1 aliphatic heterocycles. The quantitative estimate of drug-likeness (QED) is 0.700. The zero-order chi connectivity index (χ0) is 12.3. The largest absolute Gasteiger partial charge is 0.444 e. The molecule has 1 saturated heterocycles. The van der Waals surface area contributed by atoms with Crippen LogP contribution in [0.2, 0.25) is 0 Å². The Bertz CT molecular complexity index is 248. The molecule has 0 bridgehead atoms. The summed E-state index contributed by atoms with van der Waals surface area (Å²) >= 11 is 5.98. The zero-order valence-electron chi connectivity index (χ0n) is 10.6. The average Bonchev–Trinajstić information content (AvgIpc) is 2.47. The smallest absolute Gasteiger partial charge is 0.410 e. The van der Waals surface area contributed by atoms with Crippen LogP contribution in [-0.2, 0) is 4.74 Å². The van der Waals surface area contributed by atoms with Gasteiger partial charge in [-0.1, -0.05) is 0 Å². The number of carbonyl (C=O) groups is 1. The standard InChI is InChI=1S/C12H22ClNO2/c1-9(13)8-10-6-5-7-14(10)11(15)16-12(2,3)4/h9-10H,5-8H2,1-4H3. The second kappa shape index (κ2) is 5.26. The fraction of sp³-hybridized carbons (Fsp3) is 0.917. The topological polar surface area (TPSA) is 29.5 Å². The van der Waals surface area contributed by atoms with E-state index in [0.29, 0.717) is 0 Å². The van der Waals surface area contributed by atoms with Crippen LogP contribution in [0.15, 0.2) is 0 Å². The van der Waals surface area contributed by atoms with Gasteiger partial charge in [0.05, 0.1) is 0 Å². The first kappa shape index (κ1) is 13.6. The van der Waals surface area contributed by atoms with E-state index in [1.54, 1.807) is 0 Å². The van der Waals surface area contributed by atoms with Crippen LogP contribution in [-0.4, -0.2) is 34.6 Å². The van der Waals surface area contributed by atoms with Gasteiger partial charge in [-0.05, 0) is 47.0 Å². The second-order valence-corrected chi connectivity index (χ2v) is 6.23. The number of hydrogen-bond acceptors (Lipinski definition) is 2. The van der Waals surface area contributed by atoms with E-state index < -0.39 is 5.60 Å². The highest BCUT2D eigenvalue weighted by atomic mass is 35.5. The van der Waals surface area contributed by atoms with Crippen molar-refractivity contribution in [2.75, 3.05) is 6.54 Å². The molecule has 1 rings (SSSR count). The molecular formula is C12H22ClNO2. The minimum Gasteiger partial charge on any atom is -0.444 e. The third-order valence-corrected chi connectivity index (χ3v) is 2.78. The molecule has 0 spiro atoms. The van der Waals surface area contributed by atoms with E-state index in [0.717, 1.165) is 25.8 Å². The Morgan fingerprint density at radius 3 is 2.69 bits per heavy atom. The van der Waals surface area contributed by atoms with Gasteiger partial charge in [-0.25, -0.2) is 4.79 Å². The molecule has 1 heterocycles. The van der Waals surface area contributed by atoms with Crippen LogP contribution >= 0.6 is 11.6 Å². The molecule has 3 nitrogen and oxygen atoms in total. The van der Waals surface area contributed by atoms with Gasteiger partial charge in [-0.3, -0.25) is 0 Å². The summed E-state index contributed by atoms with van der Waals surface area (Å²) in [6.07, 6.45) is 2.73. The minimum atomic E-state index is -0.420. The lowest BCUT2D eigenvalue weighted by atomic mass is 10.1. The average molecular weight is 248 g/mol. The van der Waals surface area contributed by atoms with Gasteiger partial charge < -0.3 is 9.64 Å². The maximum Gasteiger partial charge on any atom is 0.410 e. The summed E-state index contributed by atoms with van der Waals surface area (Å²) in [5.74, 6) is 0. The van der Waals surface area contributed by atoms with Crippen molar-refractivity contribution in [2.24, 2.45) is 0 Å². The Morgan fingerprint density at radius 2 is 2.19 bits per heavy atom. The first-order chi connectivity index (χ1) is 7.29. The summed E-state index contributed by atoms with van der Waals surface area (Å²) in [6, 6.07) is 0.252. The van der Waals surface area contributed by atoms with E-state index in [1.165, 1.54) is 0 Å². The van der Waals surface area contributed by atoms with Crippen LogP contribution in [0.25, 0.3) is 0 Å². The SMILES string of the molecule is CC(Cl)CC1CCCN1C(=O)OC(C)(C)C. The molecule has 16 heavy (non-hydrogen) atoms. The first-order valence-electron chi connectivity index (χ1n) is 5.93. The van der Waals surface area contributed by atoms with Crippen LogP contribution in [0.3, 0.4) is 0 Å². The van der Waals surface area contributed by atoms with Gasteiger partial charge in [-0.2, -0.15) is 0 Å². The summed E-state index contributed by atoms with van der Waals surface area (Å²) < 4.78 is 5.38. The molecular weight excluding hydrogens is 226 g/mol. The van der Waals surface area contributed by atoms with Crippen LogP contribution in [0, 0.1) is 0 Å². The Balaban J connectivity index is 2.54. The number of ether oxygens (including phenoxy) is 1. The van der Waals surface area contributed by atoms with Crippen LogP contribution < -0.4 is 0 Å². The van der Waals surface area contributed by atoms with Gasteiger partial charge in [0.2, 0.25) is 0 Å². The first-order valence-corrected chi connectivity index (χ1v) is 6.37. The lowest BCUT2D eigenvalue weighted by Gasteiger charge is -2.29. The Morgan fingerprint density at radius 1 is 1.56 bits per heavy atom. The van der Waals surface area contributed by atoms with Crippen molar-refractivity contribution in [3.8, 4) is 0 Å². The molecule has 1 amide bonds. The van der Waals surface area contributed by atoms with Crippen molar-refractivity contribution in [3.05, 3.63) is 0 Å². The van der Waals surface area contributed by atoms with Crippen molar-refractivity contribution >= 4 is 17.7 Å². The van der Waals surface area contributed by atoms with Crippen molar-refractivity contribution in [1.82, 2.24) is 4.90 Å². The van der Waals surface area contributed by atoms with Crippen LogP contribution in [0.4, 0.5) is 4.79 Å². The van der Waals surface area contributed by atoms with Gasteiger partial charge in [-0.15, -0.1) is 11.6 Å². The van der Waals surface area contributed by atoms with E-state index in [-0.39, 0.29) is 17.5 Å². The van der Waals surface area contributed by atoms with Crippen molar-refractivity contribution in [3.63, 3.8) is 0 Å². The van der Waals surface area contributed by atoms with E-state index in [2.05, 4.69) is 0 Å². The minimum absolute atomic E-state index is 0.105. The monoisotopic (exact) mass is 247 g/mol. The third-order valence-electron chi connectivity index (χ3n) is 2.60. The summed E-state index contributed by atoms with van der Waals surface area (Å²) in [5, 5.41) is 0.105. The second-order valence-electron chi connectivity index (χ2n) is 5.49. The Labute approximate surface area is 103 Å². The molecule has 1 aliphatic rings.